The fourth-order valence-electron chi connectivity index (χ4n) is 2.91. The Morgan fingerprint density at radius 3 is 2.64 bits per heavy atom. The second-order valence-electron chi connectivity index (χ2n) is 6.43. The number of thiophene rings is 1. The predicted molar refractivity (Wildman–Crippen MR) is 107 cm³/mol. The summed E-state index contributed by atoms with van der Waals surface area (Å²) in [5, 5.41) is 4.51. The van der Waals surface area contributed by atoms with Crippen LogP contribution in [0.2, 0.25) is 0 Å². The lowest BCUT2D eigenvalue weighted by Gasteiger charge is -2.16. The molecule has 1 aromatic carbocycles. The van der Waals surface area contributed by atoms with E-state index < -0.39 is 28.5 Å². The molecule has 0 bridgehead atoms. The first-order chi connectivity index (χ1) is 13.4. The highest BCUT2D eigenvalue weighted by Crippen LogP contribution is 2.23. The summed E-state index contributed by atoms with van der Waals surface area (Å²) in [6, 6.07) is 9.95. The zero-order chi connectivity index (χ0) is 20.0. The minimum atomic E-state index is -3.55. The molecule has 0 atom stereocenters. The highest BCUT2D eigenvalue weighted by molar-refractivity contribution is 7.89. The zero-order valence-electron chi connectivity index (χ0n) is 15.3. The van der Waals surface area contributed by atoms with E-state index in [1.165, 1.54) is 16.4 Å². The Labute approximate surface area is 168 Å². The van der Waals surface area contributed by atoms with E-state index in [-0.39, 0.29) is 11.3 Å². The minimum absolute atomic E-state index is 0.139. The van der Waals surface area contributed by atoms with Crippen molar-refractivity contribution in [3.05, 3.63) is 46.7 Å². The van der Waals surface area contributed by atoms with E-state index in [1.54, 1.807) is 23.5 Å². The fourth-order valence-corrected chi connectivity index (χ4v) is 5.18. The molecule has 0 spiro atoms. The molecule has 1 N–H and O–H groups in total. The molecule has 2 aromatic rings. The average molecular weight is 423 g/mol. The Hall–Kier alpha value is -2.23. The largest absolute Gasteiger partial charge is 0.456 e. The van der Waals surface area contributed by atoms with Gasteiger partial charge < -0.3 is 10.1 Å². The first-order valence-electron chi connectivity index (χ1n) is 9.03. The van der Waals surface area contributed by atoms with Gasteiger partial charge in [0.15, 0.2) is 6.61 Å². The minimum Gasteiger partial charge on any atom is -0.456 e. The van der Waals surface area contributed by atoms with Crippen LogP contribution >= 0.6 is 11.3 Å². The number of nitrogens with one attached hydrogen (secondary N) is 1. The van der Waals surface area contributed by atoms with Gasteiger partial charge in [-0.05, 0) is 48.9 Å². The summed E-state index contributed by atoms with van der Waals surface area (Å²) in [6.45, 7) is 0.618. The van der Waals surface area contributed by atoms with Gasteiger partial charge in [0, 0.05) is 23.7 Å². The lowest BCUT2D eigenvalue weighted by molar-refractivity contribution is -0.147. The Morgan fingerprint density at radius 1 is 1.14 bits per heavy atom. The molecule has 2 heterocycles. The van der Waals surface area contributed by atoms with E-state index in [1.807, 2.05) is 17.5 Å². The van der Waals surface area contributed by atoms with E-state index >= 15 is 0 Å². The van der Waals surface area contributed by atoms with Crippen LogP contribution in [-0.4, -0.2) is 44.3 Å². The van der Waals surface area contributed by atoms with Crippen molar-refractivity contribution in [2.24, 2.45) is 0 Å². The lowest BCUT2D eigenvalue weighted by Crippen LogP contribution is -2.28. The fraction of sp³-hybridized carbons (Fsp3) is 0.368. The van der Waals surface area contributed by atoms with Crippen LogP contribution in [0.4, 0.5) is 5.69 Å². The van der Waals surface area contributed by atoms with Crippen LogP contribution in [0.3, 0.4) is 0 Å². The first-order valence-corrected chi connectivity index (χ1v) is 11.4. The van der Waals surface area contributed by atoms with Crippen LogP contribution in [0.1, 0.15) is 24.1 Å². The highest BCUT2D eigenvalue weighted by Gasteiger charge is 2.27. The topological polar surface area (TPSA) is 92.8 Å². The van der Waals surface area contributed by atoms with Gasteiger partial charge in [0.05, 0.1) is 11.3 Å². The van der Waals surface area contributed by atoms with Crippen LogP contribution in [-0.2, 0) is 30.8 Å². The van der Waals surface area contributed by atoms with E-state index in [0.29, 0.717) is 25.2 Å². The van der Waals surface area contributed by atoms with Crippen molar-refractivity contribution in [1.29, 1.82) is 0 Å². The van der Waals surface area contributed by atoms with Gasteiger partial charge in [0.1, 0.15) is 0 Å². The van der Waals surface area contributed by atoms with Crippen molar-refractivity contribution in [3.63, 3.8) is 0 Å². The number of nitrogens with zero attached hydrogens (tertiary/aromatic N) is 1. The molecule has 1 amide bonds. The van der Waals surface area contributed by atoms with Gasteiger partial charge in [0.25, 0.3) is 5.91 Å². The lowest BCUT2D eigenvalue weighted by atomic mass is 10.3. The number of rotatable bonds is 8. The van der Waals surface area contributed by atoms with Gasteiger partial charge in [-0.15, -0.1) is 11.3 Å². The molecular weight excluding hydrogens is 400 g/mol. The summed E-state index contributed by atoms with van der Waals surface area (Å²) in [5.74, 6) is -0.964. The second kappa shape index (κ2) is 9.31. The van der Waals surface area contributed by atoms with Gasteiger partial charge in [0.2, 0.25) is 10.0 Å². The standard InChI is InChI=1S/C19H22N2O5S2/c22-18(14-26-19(23)9-8-16-6-4-12-27-16)20-15-5-3-7-17(13-15)28(24,25)21-10-1-2-11-21/h3-7,12-13H,1-2,8-11,14H2,(H,20,22). The number of benzene rings is 1. The molecule has 0 aliphatic carbocycles. The maximum atomic E-state index is 12.6. The Kier molecular flexibility index (Phi) is 6.82. The quantitative estimate of drug-likeness (QED) is 0.660. The Balaban J connectivity index is 1.50. The molecular formula is C19H22N2O5S2. The number of anilines is 1. The van der Waals surface area contributed by atoms with Gasteiger partial charge in [-0.2, -0.15) is 4.31 Å². The monoisotopic (exact) mass is 422 g/mol. The van der Waals surface area contributed by atoms with Crippen molar-refractivity contribution in [2.45, 2.75) is 30.6 Å². The molecule has 9 heteroatoms. The van der Waals surface area contributed by atoms with Gasteiger partial charge in [-0.1, -0.05) is 12.1 Å². The third kappa shape index (κ3) is 5.40. The van der Waals surface area contributed by atoms with Gasteiger partial charge in [-0.25, -0.2) is 8.42 Å². The van der Waals surface area contributed by atoms with Crippen LogP contribution < -0.4 is 5.32 Å². The van der Waals surface area contributed by atoms with E-state index in [0.717, 1.165) is 17.7 Å². The van der Waals surface area contributed by atoms with Crippen LogP contribution in [0.25, 0.3) is 0 Å². The number of amides is 1. The maximum Gasteiger partial charge on any atom is 0.306 e. The summed E-state index contributed by atoms with van der Waals surface area (Å²) >= 11 is 1.56. The molecule has 0 radical (unpaired) electrons. The number of sulfonamides is 1. The first kappa shape index (κ1) is 20.5. The number of carbonyl (C=O) groups is 2. The molecule has 150 valence electrons. The molecule has 7 nitrogen and oxygen atoms in total. The van der Waals surface area contributed by atoms with Crippen molar-refractivity contribution in [2.75, 3.05) is 25.0 Å². The number of hydrogen-bond acceptors (Lipinski definition) is 6. The van der Waals surface area contributed by atoms with Crippen molar-refractivity contribution in [3.8, 4) is 0 Å². The Morgan fingerprint density at radius 2 is 1.93 bits per heavy atom. The smallest absolute Gasteiger partial charge is 0.306 e. The number of ether oxygens (including phenoxy) is 1. The van der Waals surface area contributed by atoms with Crippen molar-refractivity contribution in [1.82, 2.24) is 4.31 Å². The average Bonchev–Trinajstić information content (AvgIpc) is 3.39. The molecule has 1 aliphatic rings. The number of esters is 1. The molecule has 1 aliphatic heterocycles. The van der Waals surface area contributed by atoms with Crippen molar-refractivity contribution < 1.29 is 22.7 Å². The number of hydrogen-bond donors (Lipinski definition) is 1. The molecule has 1 aromatic heterocycles. The Bertz CT molecular complexity index is 920. The van der Waals surface area contributed by atoms with E-state index in [4.69, 9.17) is 4.74 Å². The molecule has 0 saturated carbocycles. The predicted octanol–water partition coefficient (Wildman–Crippen LogP) is 2.65. The third-order valence-electron chi connectivity index (χ3n) is 4.34. The van der Waals surface area contributed by atoms with Crippen LogP contribution in [0, 0.1) is 0 Å². The summed E-state index contributed by atoms with van der Waals surface area (Å²) < 4.78 is 31.6. The third-order valence-corrected chi connectivity index (χ3v) is 7.17. The van der Waals surface area contributed by atoms with Crippen molar-refractivity contribution >= 4 is 38.9 Å². The molecule has 1 fully saturated rings. The van der Waals surface area contributed by atoms with Gasteiger partial charge in [-0.3, -0.25) is 9.59 Å². The normalized spacial score (nSPS) is 14.7. The summed E-state index contributed by atoms with van der Waals surface area (Å²) in [4.78, 5) is 25.0. The van der Waals surface area contributed by atoms with Gasteiger partial charge >= 0.3 is 5.97 Å². The molecule has 0 unspecified atom stereocenters. The zero-order valence-corrected chi connectivity index (χ0v) is 16.9. The SMILES string of the molecule is O=C(COC(=O)CCc1cccs1)Nc1cccc(S(=O)(=O)N2CCCC2)c1. The summed E-state index contributed by atoms with van der Waals surface area (Å²) in [7, 11) is -3.55. The van der Waals surface area contributed by atoms with Crippen LogP contribution in [0.15, 0.2) is 46.7 Å². The van der Waals surface area contributed by atoms with E-state index in [2.05, 4.69) is 5.32 Å². The number of carbonyl (C=O) groups excluding carboxylic acids is 2. The molecule has 3 rings (SSSR count). The summed E-state index contributed by atoms with van der Waals surface area (Å²) in [5.41, 5.74) is 0.347. The van der Waals surface area contributed by atoms with Crippen LogP contribution in [0.5, 0.6) is 0 Å². The van der Waals surface area contributed by atoms with E-state index in [9.17, 15) is 18.0 Å². The molecule has 1 saturated heterocycles. The maximum absolute atomic E-state index is 12.6. The number of aryl methyl sites for hydroxylation is 1. The summed E-state index contributed by atoms with van der Waals surface area (Å²) in [6.07, 6.45) is 2.49. The highest BCUT2D eigenvalue weighted by atomic mass is 32.2. The molecule has 28 heavy (non-hydrogen) atoms. The second-order valence-corrected chi connectivity index (χ2v) is 9.40.